The number of nitrogens with zero attached hydrogens (tertiary/aromatic N) is 2. The Morgan fingerprint density at radius 1 is 1.50 bits per heavy atom. The zero-order chi connectivity index (χ0) is 10.6. The molecule has 0 aromatic carbocycles. The highest BCUT2D eigenvalue weighted by Gasteiger charge is 2.08. The van der Waals surface area contributed by atoms with Gasteiger partial charge in [-0.2, -0.15) is 4.37 Å². The molecule has 80 valence electrons. The Balaban J connectivity index is 2.37. The van der Waals surface area contributed by atoms with Crippen LogP contribution in [0.1, 0.15) is 26.6 Å². The number of rotatable bonds is 5. The molecule has 1 atom stereocenters. The number of hydrogen-bond acceptors (Lipinski definition) is 5. The SMILES string of the molecule is CCc1nsc(NCC(N)C(C)C)n1. The number of nitrogens with one attached hydrogen (secondary N) is 1. The number of hydrogen-bond donors (Lipinski definition) is 2. The van der Waals surface area contributed by atoms with Gasteiger partial charge < -0.3 is 11.1 Å². The molecule has 0 aliphatic heterocycles. The molecule has 0 bridgehead atoms. The molecule has 1 aromatic heterocycles. The van der Waals surface area contributed by atoms with Gasteiger partial charge in [0.15, 0.2) is 0 Å². The van der Waals surface area contributed by atoms with Gasteiger partial charge in [0.25, 0.3) is 0 Å². The van der Waals surface area contributed by atoms with Crippen molar-refractivity contribution in [2.45, 2.75) is 33.2 Å². The average Bonchev–Trinajstić information content (AvgIpc) is 2.61. The Morgan fingerprint density at radius 2 is 2.21 bits per heavy atom. The van der Waals surface area contributed by atoms with Gasteiger partial charge in [0, 0.05) is 30.5 Å². The van der Waals surface area contributed by atoms with Gasteiger partial charge in [0.05, 0.1) is 0 Å². The standard InChI is InChI=1S/C9H18N4S/c1-4-8-12-9(14-13-8)11-5-7(10)6(2)3/h6-7H,4-5,10H2,1-3H3,(H,11,12,13). The largest absolute Gasteiger partial charge is 0.359 e. The summed E-state index contributed by atoms with van der Waals surface area (Å²) >= 11 is 1.40. The van der Waals surface area contributed by atoms with E-state index in [1.165, 1.54) is 11.5 Å². The van der Waals surface area contributed by atoms with Gasteiger partial charge in [-0.1, -0.05) is 20.8 Å². The molecule has 1 rings (SSSR count). The Bertz CT molecular complexity index is 272. The molecule has 0 fully saturated rings. The van der Waals surface area contributed by atoms with Crippen LogP contribution in [0, 0.1) is 5.92 Å². The maximum Gasteiger partial charge on any atom is 0.202 e. The lowest BCUT2D eigenvalue weighted by Gasteiger charge is -2.15. The van der Waals surface area contributed by atoms with Crippen LogP contribution in [0.15, 0.2) is 0 Å². The van der Waals surface area contributed by atoms with Crippen LogP contribution in [-0.4, -0.2) is 21.9 Å². The summed E-state index contributed by atoms with van der Waals surface area (Å²) in [5.41, 5.74) is 5.90. The van der Waals surface area contributed by atoms with Gasteiger partial charge in [-0.3, -0.25) is 0 Å². The second kappa shape index (κ2) is 5.26. The highest BCUT2D eigenvalue weighted by molar-refractivity contribution is 7.09. The molecule has 0 aliphatic carbocycles. The number of anilines is 1. The van der Waals surface area contributed by atoms with Gasteiger partial charge >= 0.3 is 0 Å². The van der Waals surface area contributed by atoms with Crippen molar-refractivity contribution in [2.24, 2.45) is 11.7 Å². The van der Waals surface area contributed by atoms with E-state index in [0.717, 1.165) is 23.9 Å². The van der Waals surface area contributed by atoms with Crippen LogP contribution >= 0.6 is 11.5 Å². The Morgan fingerprint density at radius 3 is 2.71 bits per heavy atom. The van der Waals surface area contributed by atoms with Crippen molar-refractivity contribution in [1.29, 1.82) is 0 Å². The zero-order valence-corrected chi connectivity index (χ0v) is 9.77. The van der Waals surface area contributed by atoms with Crippen LogP contribution in [-0.2, 0) is 6.42 Å². The molecule has 3 N–H and O–H groups in total. The third kappa shape index (κ3) is 3.23. The molecule has 1 aromatic rings. The van der Waals surface area contributed by atoms with Crippen LogP contribution in [0.3, 0.4) is 0 Å². The summed E-state index contributed by atoms with van der Waals surface area (Å²) in [7, 11) is 0. The van der Waals surface area contributed by atoms with E-state index in [2.05, 4.69) is 28.5 Å². The van der Waals surface area contributed by atoms with Crippen molar-refractivity contribution in [2.75, 3.05) is 11.9 Å². The Kier molecular flexibility index (Phi) is 4.28. The summed E-state index contributed by atoms with van der Waals surface area (Å²) in [5, 5.41) is 4.07. The highest BCUT2D eigenvalue weighted by Crippen LogP contribution is 2.11. The first kappa shape index (κ1) is 11.4. The molecule has 0 spiro atoms. The smallest absolute Gasteiger partial charge is 0.202 e. The van der Waals surface area contributed by atoms with Crippen molar-refractivity contribution in [3.63, 3.8) is 0 Å². The lowest BCUT2D eigenvalue weighted by molar-refractivity contribution is 0.511. The summed E-state index contributed by atoms with van der Waals surface area (Å²) in [6.07, 6.45) is 0.883. The third-order valence-corrected chi connectivity index (χ3v) is 2.84. The second-order valence-electron chi connectivity index (χ2n) is 3.66. The maximum atomic E-state index is 5.90. The lowest BCUT2D eigenvalue weighted by atomic mass is 10.1. The molecular weight excluding hydrogens is 196 g/mol. The van der Waals surface area contributed by atoms with Gasteiger partial charge in [-0.25, -0.2) is 4.98 Å². The molecule has 0 amide bonds. The molecule has 1 heterocycles. The van der Waals surface area contributed by atoms with Crippen molar-refractivity contribution >= 4 is 16.7 Å². The number of aryl methyl sites for hydroxylation is 1. The molecule has 0 saturated heterocycles. The minimum atomic E-state index is 0.170. The third-order valence-electron chi connectivity index (χ3n) is 2.13. The van der Waals surface area contributed by atoms with Crippen LogP contribution < -0.4 is 11.1 Å². The van der Waals surface area contributed by atoms with E-state index in [-0.39, 0.29) is 6.04 Å². The summed E-state index contributed by atoms with van der Waals surface area (Å²) in [6, 6.07) is 0.170. The predicted octanol–water partition coefficient (Wildman–Crippen LogP) is 1.50. The van der Waals surface area contributed by atoms with Crippen molar-refractivity contribution in [1.82, 2.24) is 9.36 Å². The normalized spacial score (nSPS) is 13.2. The average molecular weight is 214 g/mol. The Labute approximate surface area is 89.1 Å². The Hall–Kier alpha value is -0.680. The maximum absolute atomic E-state index is 5.90. The lowest BCUT2D eigenvalue weighted by Crippen LogP contribution is -2.33. The van der Waals surface area contributed by atoms with Crippen molar-refractivity contribution in [3.05, 3.63) is 5.82 Å². The molecule has 0 aliphatic rings. The van der Waals surface area contributed by atoms with Gasteiger partial charge in [-0.15, -0.1) is 0 Å². The summed E-state index contributed by atoms with van der Waals surface area (Å²) in [5.74, 6) is 1.39. The van der Waals surface area contributed by atoms with E-state index in [4.69, 9.17) is 5.73 Å². The molecule has 0 saturated carbocycles. The van der Waals surface area contributed by atoms with E-state index in [9.17, 15) is 0 Å². The summed E-state index contributed by atoms with van der Waals surface area (Å²) in [6.45, 7) is 7.04. The molecule has 0 radical (unpaired) electrons. The first-order chi connectivity index (χ1) is 6.63. The summed E-state index contributed by atoms with van der Waals surface area (Å²) < 4.78 is 4.18. The molecular formula is C9H18N4S. The van der Waals surface area contributed by atoms with Crippen LogP contribution in [0.2, 0.25) is 0 Å². The minimum absolute atomic E-state index is 0.170. The minimum Gasteiger partial charge on any atom is -0.359 e. The fourth-order valence-corrected chi connectivity index (χ4v) is 1.57. The predicted molar refractivity (Wildman–Crippen MR) is 60.6 cm³/mol. The first-order valence-electron chi connectivity index (χ1n) is 4.95. The zero-order valence-electron chi connectivity index (χ0n) is 8.95. The van der Waals surface area contributed by atoms with Crippen LogP contribution in [0.5, 0.6) is 0 Å². The van der Waals surface area contributed by atoms with E-state index in [0.29, 0.717) is 5.92 Å². The number of aromatic nitrogens is 2. The van der Waals surface area contributed by atoms with E-state index in [1.54, 1.807) is 0 Å². The topological polar surface area (TPSA) is 63.8 Å². The van der Waals surface area contributed by atoms with E-state index in [1.807, 2.05) is 6.92 Å². The van der Waals surface area contributed by atoms with E-state index < -0.39 is 0 Å². The van der Waals surface area contributed by atoms with Gasteiger partial charge in [-0.05, 0) is 5.92 Å². The molecule has 5 heteroatoms. The second-order valence-corrected chi connectivity index (χ2v) is 4.41. The fraction of sp³-hybridized carbons (Fsp3) is 0.778. The van der Waals surface area contributed by atoms with E-state index >= 15 is 0 Å². The van der Waals surface area contributed by atoms with Gasteiger partial charge in [0.2, 0.25) is 5.13 Å². The summed E-state index contributed by atoms with van der Waals surface area (Å²) in [4.78, 5) is 4.30. The molecule has 1 unspecified atom stereocenters. The van der Waals surface area contributed by atoms with Crippen LogP contribution in [0.4, 0.5) is 5.13 Å². The number of nitrogens with two attached hydrogens (primary N) is 1. The highest BCUT2D eigenvalue weighted by atomic mass is 32.1. The first-order valence-corrected chi connectivity index (χ1v) is 5.72. The molecule has 4 nitrogen and oxygen atoms in total. The van der Waals surface area contributed by atoms with Crippen LogP contribution in [0.25, 0.3) is 0 Å². The quantitative estimate of drug-likeness (QED) is 0.779. The van der Waals surface area contributed by atoms with Crippen molar-refractivity contribution in [3.8, 4) is 0 Å². The van der Waals surface area contributed by atoms with Gasteiger partial charge in [0.1, 0.15) is 5.82 Å². The monoisotopic (exact) mass is 214 g/mol. The fourth-order valence-electron chi connectivity index (χ4n) is 0.910. The van der Waals surface area contributed by atoms with Crippen molar-refractivity contribution < 1.29 is 0 Å². The molecule has 14 heavy (non-hydrogen) atoms.